The fourth-order valence-electron chi connectivity index (χ4n) is 4.97. The van der Waals surface area contributed by atoms with Crippen molar-refractivity contribution in [2.45, 2.75) is 39.1 Å². The van der Waals surface area contributed by atoms with E-state index in [4.69, 9.17) is 4.98 Å². The number of piperazine rings is 1. The van der Waals surface area contributed by atoms with Gasteiger partial charge in [0.15, 0.2) is 5.65 Å². The van der Waals surface area contributed by atoms with E-state index < -0.39 is 10.0 Å². The van der Waals surface area contributed by atoms with Gasteiger partial charge >= 0.3 is 0 Å². The van der Waals surface area contributed by atoms with Gasteiger partial charge in [-0.3, -0.25) is 9.47 Å². The highest BCUT2D eigenvalue weighted by Gasteiger charge is 2.30. The third kappa shape index (κ3) is 4.61. The summed E-state index contributed by atoms with van der Waals surface area (Å²) in [5, 5.41) is 0. The van der Waals surface area contributed by atoms with Crippen LogP contribution in [0.5, 0.6) is 0 Å². The summed E-state index contributed by atoms with van der Waals surface area (Å²) in [5.74, 6) is 0.911. The number of benzene rings is 2. The average Bonchev–Trinajstić information content (AvgIpc) is 3.16. The van der Waals surface area contributed by atoms with Gasteiger partial charge in [0.05, 0.1) is 11.4 Å². The van der Waals surface area contributed by atoms with Crippen molar-refractivity contribution in [2.75, 3.05) is 26.2 Å². The van der Waals surface area contributed by atoms with Gasteiger partial charge in [0, 0.05) is 38.1 Å². The maximum atomic E-state index is 13.3. The van der Waals surface area contributed by atoms with Gasteiger partial charge < -0.3 is 0 Å². The molecule has 0 N–H and O–H groups in total. The Balaban J connectivity index is 1.39. The van der Waals surface area contributed by atoms with E-state index in [1.165, 1.54) is 11.1 Å². The minimum atomic E-state index is -3.51. The van der Waals surface area contributed by atoms with Crippen molar-refractivity contribution in [1.82, 2.24) is 23.7 Å². The van der Waals surface area contributed by atoms with Crippen molar-refractivity contribution in [3.63, 3.8) is 0 Å². The Labute approximate surface area is 207 Å². The van der Waals surface area contributed by atoms with Crippen molar-refractivity contribution in [2.24, 2.45) is 0 Å². The zero-order valence-electron chi connectivity index (χ0n) is 20.7. The van der Waals surface area contributed by atoms with E-state index in [1.54, 1.807) is 16.6 Å². The molecule has 0 atom stereocenters. The second-order valence-corrected chi connectivity index (χ2v) is 11.4. The topological polar surface area (TPSA) is 71.3 Å². The summed E-state index contributed by atoms with van der Waals surface area (Å²) in [6.07, 6.45) is 1.80. The van der Waals surface area contributed by atoms with E-state index in [-0.39, 0.29) is 0 Å². The summed E-state index contributed by atoms with van der Waals surface area (Å²) in [4.78, 5) is 12.2. The van der Waals surface area contributed by atoms with Crippen LogP contribution in [-0.2, 0) is 16.6 Å². The SMILES string of the molecule is Cc1cc(C)cc(-n2c(CN3CCN(S(=O)(=O)c4ccc(C)cc4C)CC3)nc3cccnc32)c1. The number of pyridine rings is 1. The molecule has 1 fully saturated rings. The first kappa shape index (κ1) is 23.7. The van der Waals surface area contributed by atoms with Crippen molar-refractivity contribution >= 4 is 21.2 Å². The zero-order chi connectivity index (χ0) is 24.7. The van der Waals surface area contributed by atoms with Crippen LogP contribution in [0, 0.1) is 27.7 Å². The molecular formula is C27H31N5O2S. The largest absolute Gasteiger partial charge is 0.293 e. The number of aryl methyl sites for hydroxylation is 4. The molecule has 0 aliphatic carbocycles. The summed E-state index contributed by atoms with van der Waals surface area (Å²) in [7, 11) is -3.51. The lowest BCUT2D eigenvalue weighted by atomic mass is 10.1. The van der Waals surface area contributed by atoms with E-state index in [2.05, 4.69) is 46.5 Å². The maximum absolute atomic E-state index is 13.3. The van der Waals surface area contributed by atoms with Crippen LogP contribution in [0.15, 0.2) is 59.6 Å². The molecule has 8 heteroatoms. The first-order valence-corrected chi connectivity index (χ1v) is 13.4. The van der Waals surface area contributed by atoms with Gasteiger partial charge in [-0.05, 0) is 74.7 Å². The van der Waals surface area contributed by atoms with Crippen LogP contribution in [0.25, 0.3) is 16.9 Å². The van der Waals surface area contributed by atoms with Gasteiger partial charge in [-0.15, -0.1) is 0 Å². The number of sulfonamides is 1. The van der Waals surface area contributed by atoms with Crippen molar-refractivity contribution in [1.29, 1.82) is 0 Å². The second-order valence-electron chi connectivity index (χ2n) is 9.50. The highest BCUT2D eigenvalue weighted by Crippen LogP contribution is 2.25. The Hall–Kier alpha value is -3.07. The molecule has 0 spiro atoms. The van der Waals surface area contributed by atoms with E-state index in [0.717, 1.165) is 33.8 Å². The Morgan fingerprint density at radius 3 is 2.26 bits per heavy atom. The van der Waals surface area contributed by atoms with Gasteiger partial charge in [-0.1, -0.05) is 23.8 Å². The standard InChI is InChI=1S/C27H31N5O2S/c1-19-7-8-25(22(4)15-19)35(33,34)31-12-10-30(11-13-31)18-26-29-24-6-5-9-28-27(24)32(26)23-16-20(2)14-21(3)17-23/h5-9,14-17H,10-13,18H2,1-4H3. The molecule has 2 aromatic heterocycles. The predicted octanol–water partition coefficient (Wildman–Crippen LogP) is 4.16. The molecule has 1 saturated heterocycles. The highest BCUT2D eigenvalue weighted by atomic mass is 32.2. The minimum absolute atomic E-state index is 0.402. The van der Waals surface area contributed by atoms with Crippen LogP contribution in [-0.4, -0.2) is 58.3 Å². The summed E-state index contributed by atoms with van der Waals surface area (Å²) in [6, 6.07) is 15.9. The minimum Gasteiger partial charge on any atom is -0.293 e. The lowest BCUT2D eigenvalue weighted by Gasteiger charge is -2.34. The molecule has 0 unspecified atom stereocenters. The summed E-state index contributed by atoms with van der Waals surface area (Å²) >= 11 is 0. The highest BCUT2D eigenvalue weighted by molar-refractivity contribution is 7.89. The monoisotopic (exact) mass is 489 g/mol. The third-order valence-corrected chi connectivity index (χ3v) is 8.65. The van der Waals surface area contributed by atoms with Crippen LogP contribution >= 0.6 is 0 Å². The Kier molecular flexibility index (Phi) is 6.21. The fourth-order valence-corrected chi connectivity index (χ4v) is 6.60. The molecule has 2 aromatic carbocycles. The maximum Gasteiger partial charge on any atom is 0.243 e. The molecule has 0 amide bonds. The van der Waals surface area contributed by atoms with Crippen LogP contribution in [0.2, 0.25) is 0 Å². The van der Waals surface area contributed by atoms with E-state index in [0.29, 0.717) is 37.6 Å². The summed E-state index contributed by atoms with van der Waals surface area (Å²) in [6.45, 7) is 10.9. The molecule has 1 aliphatic rings. The Bertz CT molecular complexity index is 1480. The number of aromatic nitrogens is 3. The molecule has 182 valence electrons. The first-order chi connectivity index (χ1) is 16.7. The molecule has 0 saturated carbocycles. The second kappa shape index (κ2) is 9.18. The molecule has 0 bridgehead atoms. The summed E-state index contributed by atoms with van der Waals surface area (Å²) in [5.41, 5.74) is 6.98. The average molecular weight is 490 g/mol. The van der Waals surface area contributed by atoms with Crippen molar-refractivity contribution < 1.29 is 8.42 Å². The van der Waals surface area contributed by atoms with Gasteiger partial charge in [0.1, 0.15) is 11.3 Å². The number of hydrogen-bond donors (Lipinski definition) is 0. The number of hydrogen-bond acceptors (Lipinski definition) is 5. The molecule has 5 rings (SSSR count). The van der Waals surface area contributed by atoms with Crippen LogP contribution in [0.4, 0.5) is 0 Å². The summed E-state index contributed by atoms with van der Waals surface area (Å²) < 4.78 is 30.3. The van der Waals surface area contributed by atoms with E-state index >= 15 is 0 Å². The quantitative estimate of drug-likeness (QED) is 0.421. The molecule has 3 heterocycles. The first-order valence-electron chi connectivity index (χ1n) is 11.9. The van der Waals surface area contributed by atoms with Gasteiger partial charge in [-0.2, -0.15) is 4.31 Å². The molecule has 1 aliphatic heterocycles. The number of nitrogens with zero attached hydrogens (tertiary/aromatic N) is 5. The van der Waals surface area contributed by atoms with E-state index in [9.17, 15) is 8.42 Å². The lowest BCUT2D eigenvalue weighted by molar-refractivity contribution is 0.177. The van der Waals surface area contributed by atoms with Crippen molar-refractivity contribution in [3.8, 4) is 5.69 Å². The van der Waals surface area contributed by atoms with E-state index in [1.807, 2.05) is 38.1 Å². The molecule has 0 radical (unpaired) electrons. The van der Waals surface area contributed by atoms with Crippen molar-refractivity contribution in [3.05, 3.63) is 82.8 Å². The molecule has 7 nitrogen and oxygen atoms in total. The Morgan fingerprint density at radius 1 is 0.857 bits per heavy atom. The molecule has 35 heavy (non-hydrogen) atoms. The van der Waals surface area contributed by atoms with Gasteiger partial charge in [0.2, 0.25) is 10.0 Å². The lowest BCUT2D eigenvalue weighted by Crippen LogP contribution is -2.48. The van der Waals surface area contributed by atoms with Gasteiger partial charge in [0.25, 0.3) is 0 Å². The predicted molar refractivity (Wildman–Crippen MR) is 138 cm³/mol. The van der Waals surface area contributed by atoms with Crippen LogP contribution in [0.1, 0.15) is 28.1 Å². The molecule has 4 aromatic rings. The van der Waals surface area contributed by atoms with Gasteiger partial charge in [-0.25, -0.2) is 18.4 Å². The molecular weight excluding hydrogens is 458 g/mol. The number of imidazole rings is 1. The van der Waals surface area contributed by atoms with Crippen LogP contribution < -0.4 is 0 Å². The fraction of sp³-hybridized carbons (Fsp3) is 0.333. The number of fused-ring (bicyclic) bond motifs is 1. The normalized spacial score (nSPS) is 15.7. The Morgan fingerprint density at radius 2 is 1.57 bits per heavy atom. The third-order valence-electron chi connectivity index (χ3n) is 6.59. The smallest absolute Gasteiger partial charge is 0.243 e. The zero-order valence-corrected chi connectivity index (χ0v) is 21.5. The van der Waals surface area contributed by atoms with Crippen LogP contribution in [0.3, 0.4) is 0 Å². The number of rotatable bonds is 5.